The number of piperazine rings is 1. The molecule has 1 amide bonds. The molecule has 2 N–H and O–H groups in total. The van der Waals surface area contributed by atoms with Gasteiger partial charge < -0.3 is 15.3 Å². The number of nitrogens with zero attached hydrogens (tertiary/aromatic N) is 1. The van der Waals surface area contributed by atoms with Crippen molar-refractivity contribution < 1.29 is 9.90 Å². The Morgan fingerprint density at radius 3 is 2.71 bits per heavy atom. The van der Waals surface area contributed by atoms with Gasteiger partial charge in [0.25, 0.3) is 0 Å². The Bertz CT molecular complexity index is 407. The van der Waals surface area contributed by atoms with E-state index in [1.807, 2.05) is 24.0 Å². The quantitative estimate of drug-likeness (QED) is 0.829. The molecule has 92 valence electrons. The third-order valence-electron chi connectivity index (χ3n) is 2.87. The van der Waals surface area contributed by atoms with E-state index in [4.69, 9.17) is 11.6 Å². The minimum atomic E-state index is -0.521. The molecule has 1 heterocycles. The summed E-state index contributed by atoms with van der Waals surface area (Å²) in [7, 11) is 0. The van der Waals surface area contributed by atoms with E-state index in [9.17, 15) is 9.90 Å². The normalized spacial score (nSPS) is 24.6. The molecule has 4 nitrogen and oxygen atoms in total. The summed E-state index contributed by atoms with van der Waals surface area (Å²) >= 11 is 5.83. The Hall–Kier alpha value is -1.26. The van der Waals surface area contributed by atoms with E-state index in [1.54, 1.807) is 12.1 Å². The third kappa shape index (κ3) is 2.53. The Labute approximate surface area is 105 Å². The summed E-state index contributed by atoms with van der Waals surface area (Å²) in [5, 5.41) is 12.8. The summed E-state index contributed by atoms with van der Waals surface area (Å²) in [6.45, 7) is 2.42. The first-order valence-corrected chi connectivity index (χ1v) is 5.93. The number of anilines is 1. The van der Waals surface area contributed by atoms with Crippen molar-refractivity contribution in [2.75, 3.05) is 18.1 Å². The lowest BCUT2D eigenvalue weighted by Crippen LogP contribution is -2.60. The summed E-state index contributed by atoms with van der Waals surface area (Å²) in [6, 6.07) is 6.82. The second-order valence-electron chi connectivity index (χ2n) is 4.24. The lowest BCUT2D eigenvalue weighted by atomic mass is 10.1. The SMILES string of the molecule is CC1CN(c2ccc(Cl)cc2)C(CO)C(=O)N1. The highest BCUT2D eigenvalue weighted by atomic mass is 35.5. The summed E-state index contributed by atoms with van der Waals surface area (Å²) in [5.74, 6) is -0.138. The molecule has 0 aliphatic carbocycles. The van der Waals surface area contributed by atoms with Gasteiger partial charge in [0.15, 0.2) is 0 Å². The Kier molecular flexibility index (Phi) is 3.54. The fraction of sp³-hybridized carbons (Fsp3) is 0.417. The van der Waals surface area contributed by atoms with Gasteiger partial charge in [-0.3, -0.25) is 4.79 Å². The minimum Gasteiger partial charge on any atom is -0.394 e. The molecular formula is C12H15ClN2O2. The van der Waals surface area contributed by atoms with E-state index in [2.05, 4.69) is 5.32 Å². The molecule has 17 heavy (non-hydrogen) atoms. The number of carbonyl (C=O) groups excluding carboxylic acids is 1. The van der Waals surface area contributed by atoms with Crippen LogP contribution >= 0.6 is 11.6 Å². The minimum absolute atomic E-state index is 0.0704. The number of halogens is 1. The van der Waals surface area contributed by atoms with Gasteiger partial charge in [0.05, 0.1) is 6.61 Å². The predicted molar refractivity (Wildman–Crippen MR) is 67.3 cm³/mol. The molecule has 1 saturated heterocycles. The summed E-state index contributed by atoms with van der Waals surface area (Å²) in [4.78, 5) is 13.7. The Morgan fingerprint density at radius 1 is 1.47 bits per heavy atom. The van der Waals surface area contributed by atoms with Crippen LogP contribution in [-0.2, 0) is 4.79 Å². The van der Waals surface area contributed by atoms with Crippen LogP contribution < -0.4 is 10.2 Å². The first kappa shape index (κ1) is 12.2. The van der Waals surface area contributed by atoms with Gasteiger partial charge in [-0.2, -0.15) is 0 Å². The van der Waals surface area contributed by atoms with Gasteiger partial charge in [-0.15, -0.1) is 0 Å². The van der Waals surface area contributed by atoms with Gasteiger partial charge in [0.2, 0.25) is 5.91 Å². The molecular weight excluding hydrogens is 240 g/mol. The largest absolute Gasteiger partial charge is 0.394 e. The smallest absolute Gasteiger partial charge is 0.245 e. The first-order valence-electron chi connectivity index (χ1n) is 5.55. The zero-order chi connectivity index (χ0) is 12.4. The van der Waals surface area contributed by atoms with Crippen LogP contribution in [-0.4, -0.2) is 36.2 Å². The number of hydrogen-bond acceptors (Lipinski definition) is 3. The lowest BCUT2D eigenvalue weighted by Gasteiger charge is -2.39. The maximum atomic E-state index is 11.7. The number of benzene rings is 1. The Morgan fingerprint density at radius 2 is 2.12 bits per heavy atom. The Balaban J connectivity index is 2.27. The van der Waals surface area contributed by atoms with E-state index in [0.717, 1.165) is 5.69 Å². The molecule has 1 aliphatic rings. The van der Waals surface area contributed by atoms with Crippen LogP contribution in [0.2, 0.25) is 5.02 Å². The van der Waals surface area contributed by atoms with Crippen molar-refractivity contribution in [3.63, 3.8) is 0 Å². The topological polar surface area (TPSA) is 52.6 Å². The number of nitrogens with one attached hydrogen (secondary N) is 1. The summed E-state index contributed by atoms with van der Waals surface area (Å²) < 4.78 is 0. The monoisotopic (exact) mass is 254 g/mol. The number of aliphatic hydroxyl groups excluding tert-OH is 1. The zero-order valence-corrected chi connectivity index (χ0v) is 10.3. The van der Waals surface area contributed by atoms with E-state index in [-0.39, 0.29) is 18.6 Å². The molecule has 1 aromatic carbocycles. The van der Waals surface area contributed by atoms with Crippen LogP contribution in [0.5, 0.6) is 0 Å². The molecule has 5 heteroatoms. The van der Waals surface area contributed by atoms with Gasteiger partial charge in [-0.1, -0.05) is 11.6 Å². The van der Waals surface area contributed by atoms with Gasteiger partial charge in [-0.25, -0.2) is 0 Å². The number of aliphatic hydroxyl groups is 1. The highest BCUT2D eigenvalue weighted by molar-refractivity contribution is 6.30. The lowest BCUT2D eigenvalue weighted by molar-refractivity contribution is -0.125. The second kappa shape index (κ2) is 4.94. The number of rotatable bonds is 2. The van der Waals surface area contributed by atoms with Crippen molar-refractivity contribution in [2.45, 2.75) is 19.0 Å². The van der Waals surface area contributed by atoms with Crippen molar-refractivity contribution in [1.29, 1.82) is 0 Å². The fourth-order valence-corrected chi connectivity index (χ4v) is 2.17. The molecule has 1 aliphatic heterocycles. The maximum absolute atomic E-state index is 11.7. The highest BCUT2D eigenvalue weighted by Gasteiger charge is 2.32. The molecule has 1 fully saturated rings. The van der Waals surface area contributed by atoms with E-state index in [1.165, 1.54) is 0 Å². The molecule has 2 atom stereocenters. The molecule has 0 bridgehead atoms. The van der Waals surface area contributed by atoms with Crippen LogP contribution in [0.1, 0.15) is 6.92 Å². The average molecular weight is 255 g/mol. The number of amides is 1. The van der Waals surface area contributed by atoms with Crippen LogP contribution in [0.25, 0.3) is 0 Å². The molecule has 2 rings (SSSR count). The predicted octanol–water partition coefficient (Wildman–Crippen LogP) is 1.03. The molecule has 0 radical (unpaired) electrons. The standard InChI is InChI=1S/C12H15ClN2O2/c1-8-6-15(11(7-16)12(17)14-8)10-4-2-9(13)3-5-10/h2-5,8,11,16H,6-7H2,1H3,(H,14,17). The van der Waals surface area contributed by atoms with Gasteiger partial charge in [0, 0.05) is 23.3 Å². The zero-order valence-electron chi connectivity index (χ0n) is 9.56. The molecule has 2 unspecified atom stereocenters. The number of carbonyl (C=O) groups is 1. The summed E-state index contributed by atoms with van der Waals surface area (Å²) in [6.07, 6.45) is 0. The van der Waals surface area contributed by atoms with Gasteiger partial charge in [0.1, 0.15) is 6.04 Å². The number of hydrogen-bond donors (Lipinski definition) is 2. The van der Waals surface area contributed by atoms with Crippen molar-refractivity contribution >= 4 is 23.2 Å². The van der Waals surface area contributed by atoms with E-state index < -0.39 is 6.04 Å². The van der Waals surface area contributed by atoms with Crippen molar-refractivity contribution in [1.82, 2.24) is 5.32 Å². The van der Waals surface area contributed by atoms with Crippen molar-refractivity contribution in [3.8, 4) is 0 Å². The van der Waals surface area contributed by atoms with Crippen LogP contribution in [0.4, 0.5) is 5.69 Å². The van der Waals surface area contributed by atoms with Crippen molar-refractivity contribution in [2.24, 2.45) is 0 Å². The van der Waals surface area contributed by atoms with Crippen LogP contribution in [0.3, 0.4) is 0 Å². The maximum Gasteiger partial charge on any atom is 0.245 e. The van der Waals surface area contributed by atoms with Crippen LogP contribution in [0, 0.1) is 0 Å². The fourth-order valence-electron chi connectivity index (χ4n) is 2.05. The van der Waals surface area contributed by atoms with Gasteiger partial charge >= 0.3 is 0 Å². The molecule has 0 saturated carbocycles. The average Bonchev–Trinajstić information content (AvgIpc) is 2.29. The van der Waals surface area contributed by atoms with E-state index >= 15 is 0 Å². The molecule has 0 aromatic heterocycles. The van der Waals surface area contributed by atoms with Crippen LogP contribution in [0.15, 0.2) is 24.3 Å². The summed E-state index contributed by atoms with van der Waals surface area (Å²) in [5.41, 5.74) is 0.898. The first-order chi connectivity index (χ1) is 8.11. The highest BCUT2D eigenvalue weighted by Crippen LogP contribution is 2.22. The molecule has 0 spiro atoms. The second-order valence-corrected chi connectivity index (χ2v) is 4.67. The van der Waals surface area contributed by atoms with E-state index in [0.29, 0.717) is 11.6 Å². The van der Waals surface area contributed by atoms with Gasteiger partial charge in [-0.05, 0) is 31.2 Å². The van der Waals surface area contributed by atoms with Crippen molar-refractivity contribution in [3.05, 3.63) is 29.3 Å². The third-order valence-corrected chi connectivity index (χ3v) is 3.12. The molecule has 1 aromatic rings.